The van der Waals surface area contributed by atoms with E-state index in [0.29, 0.717) is 6.61 Å². The molecule has 5 heteroatoms. The molecule has 0 radical (unpaired) electrons. The summed E-state index contributed by atoms with van der Waals surface area (Å²) in [6, 6.07) is 4.04. The number of ether oxygens (including phenoxy) is 3. The van der Waals surface area contributed by atoms with Crippen LogP contribution in [0.1, 0.15) is 37.5 Å². The second-order valence-electron chi connectivity index (χ2n) is 6.17. The Labute approximate surface area is 125 Å². The molecule has 21 heavy (non-hydrogen) atoms. The zero-order valence-electron chi connectivity index (χ0n) is 12.2. The second-order valence-corrected chi connectivity index (χ2v) is 6.17. The van der Waals surface area contributed by atoms with Crippen LogP contribution in [0, 0.1) is 0 Å². The minimum absolute atomic E-state index is 0.0247. The Hall–Kier alpha value is -1.01. The molecule has 0 aromatic carbocycles. The van der Waals surface area contributed by atoms with Gasteiger partial charge in [-0.15, -0.1) is 0 Å². The Balaban J connectivity index is 1.40. The molecule has 1 saturated carbocycles. The molecule has 1 aliphatic carbocycles. The molecule has 0 N–H and O–H groups in total. The van der Waals surface area contributed by atoms with Crippen molar-refractivity contribution < 1.29 is 14.2 Å². The van der Waals surface area contributed by atoms with E-state index in [4.69, 9.17) is 14.2 Å². The highest BCUT2D eigenvalue weighted by Gasteiger charge is 2.44. The first-order chi connectivity index (χ1) is 10.3. The Kier molecular flexibility index (Phi) is 3.67. The Bertz CT molecular complexity index is 476. The van der Waals surface area contributed by atoms with Crippen LogP contribution in [0.25, 0.3) is 0 Å². The van der Waals surface area contributed by atoms with Crippen molar-refractivity contribution in [3.05, 3.63) is 30.1 Å². The predicted molar refractivity (Wildman–Crippen MR) is 76.5 cm³/mol. The minimum atomic E-state index is -0.266. The van der Waals surface area contributed by atoms with E-state index >= 15 is 0 Å². The first kappa shape index (κ1) is 13.6. The number of hydrogen-bond acceptors (Lipinski definition) is 5. The molecule has 0 amide bonds. The van der Waals surface area contributed by atoms with Crippen molar-refractivity contribution in [2.24, 2.45) is 0 Å². The van der Waals surface area contributed by atoms with E-state index in [0.717, 1.165) is 38.1 Å². The molecule has 1 aromatic heterocycles. The normalized spacial score (nSPS) is 32.2. The number of aromatic nitrogens is 1. The van der Waals surface area contributed by atoms with Crippen LogP contribution in [0.4, 0.5) is 0 Å². The fraction of sp³-hybridized carbons (Fsp3) is 0.688. The zero-order valence-corrected chi connectivity index (χ0v) is 12.2. The maximum Gasteiger partial charge on any atom is 0.168 e. The van der Waals surface area contributed by atoms with E-state index in [1.54, 1.807) is 0 Å². The standard InChI is InChI=1S/C16H22N2O3/c1-2-6-16(5-1)20-12-14(21-16)11-18-9-10-19-15(18)13-3-7-17-8-4-13/h3-4,7-8,14-15H,1-2,5-6,9-12H2/t14-,15-/m1/s1. The first-order valence-electron chi connectivity index (χ1n) is 7.92. The summed E-state index contributed by atoms with van der Waals surface area (Å²) in [6.45, 7) is 3.29. The van der Waals surface area contributed by atoms with Crippen molar-refractivity contribution in [2.45, 2.75) is 43.8 Å². The third-order valence-electron chi connectivity index (χ3n) is 4.69. The summed E-state index contributed by atoms with van der Waals surface area (Å²) in [5, 5.41) is 0. The van der Waals surface area contributed by atoms with Gasteiger partial charge in [-0.2, -0.15) is 0 Å². The molecule has 0 unspecified atom stereocenters. The van der Waals surface area contributed by atoms with Crippen molar-refractivity contribution in [1.82, 2.24) is 9.88 Å². The molecule has 2 aliphatic heterocycles. The summed E-state index contributed by atoms with van der Waals surface area (Å²) < 4.78 is 18.1. The Morgan fingerprint density at radius 1 is 1.24 bits per heavy atom. The van der Waals surface area contributed by atoms with Gasteiger partial charge < -0.3 is 14.2 Å². The third kappa shape index (κ3) is 2.71. The number of hydrogen-bond donors (Lipinski definition) is 0. The molecule has 3 fully saturated rings. The van der Waals surface area contributed by atoms with Gasteiger partial charge in [-0.25, -0.2) is 0 Å². The lowest BCUT2D eigenvalue weighted by Crippen LogP contribution is -2.35. The summed E-state index contributed by atoms with van der Waals surface area (Å²) in [6.07, 6.45) is 8.36. The molecule has 2 saturated heterocycles. The van der Waals surface area contributed by atoms with Gasteiger partial charge in [0.1, 0.15) is 6.23 Å². The van der Waals surface area contributed by atoms with E-state index in [2.05, 4.69) is 9.88 Å². The van der Waals surface area contributed by atoms with Gasteiger partial charge in [0.15, 0.2) is 5.79 Å². The summed E-state index contributed by atoms with van der Waals surface area (Å²) in [7, 11) is 0. The maximum absolute atomic E-state index is 6.22. The van der Waals surface area contributed by atoms with Gasteiger partial charge in [0.2, 0.25) is 0 Å². The van der Waals surface area contributed by atoms with Gasteiger partial charge in [0.25, 0.3) is 0 Å². The number of nitrogens with zero attached hydrogens (tertiary/aromatic N) is 2. The molecule has 1 aromatic rings. The predicted octanol–water partition coefficient (Wildman–Crippen LogP) is 2.10. The molecule has 3 heterocycles. The summed E-state index contributed by atoms with van der Waals surface area (Å²) >= 11 is 0. The molecule has 3 aliphatic rings. The van der Waals surface area contributed by atoms with Gasteiger partial charge >= 0.3 is 0 Å². The first-order valence-corrected chi connectivity index (χ1v) is 7.92. The highest BCUT2D eigenvalue weighted by Crippen LogP contribution is 2.40. The van der Waals surface area contributed by atoms with Gasteiger partial charge in [0, 0.05) is 38.3 Å². The molecule has 4 rings (SSSR count). The lowest BCUT2D eigenvalue weighted by molar-refractivity contribution is -0.164. The highest BCUT2D eigenvalue weighted by atomic mass is 16.7. The lowest BCUT2D eigenvalue weighted by Gasteiger charge is -2.26. The van der Waals surface area contributed by atoms with Crippen molar-refractivity contribution in [1.29, 1.82) is 0 Å². The van der Waals surface area contributed by atoms with E-state index in [-0.39, 0.29) is 18.1 Å². The van der Waals surface area contributed by atoms with Crippen LogP contribution >= 0.6 is 0 Å². The van der Waals surface area contributed by atoms with E-state index in [1.165, 1.54) is 12.8 Å². The van der Waals surface area contributed by atoms with Crippen molar-refractivity contribution in [3.63, 3.8) is 0 Å². The maximum atomic E-state index is 6.22. The quantitative estimate of drug-likeness (QED) is 0.853. The fourth-order valence-electron chi connectivity index (χ4n) is 3.67. The largest absolute Gasteiger partial charge is 0.358 e. The van der Waals surface area contributed by atoms with E-state index in [9.17, 15) is 0 Å². The van der Waals surface area contributed by atoms with Crippen LogP contribution in [0.2, 0.25) is 0 Å². The van der Waals surface area contributed by atoms with Crippen LogP contribution in [0.15, 0.2) is 24.5 Å². The Morgan fingerprint density at radius 3 is 2.86 bits per heavy atom. The summed E-state index contributed by atoms with van der Waals surface area (Å²) in [5.74, 6) is -0.266. The van der Waals surface area contributed by atoms with E-state index in [1.807, 2.05) is 24.5 Å². The number of rotatable bonds is 3. The highest BCUT2D eigenvalue weighted by molar-refractivity contribution is 5.13. The van der Waals surface area contributed by atoms with Crippen molar-refractivity contribution >= 4 is 0 Å². The van der Waals surface area contributed by atoms with Gasteiger partial charge in [-0.05, 0) is 30.5 Å². The van der Waals surface area contributed by atoms with Crippen LogP contribution in [0.5, 0.6) is 0 Å². The molecular formula is C16H22N2O3. The third-order valence-corrected chi connectivity index (χ3v) is 4.69. The van der Waals surface area contributed by atoms with Crippen LogP contribution in [-0.4, -0.2) is 48.1 Å². The molecule has 114 valence electrons. The molecule has 0 bridgehead atoms. The summed E-state index contributed by atoms with van der Waals surface area (Å²) in [4.78, 5) is 6.42. The lowest BCUT2D eigenvalue weighted by atomic mass is 10.2. The summed E-state index contributed by atoms with van der Waals surface area (Å²) in [5.41, 5.74) is 1.16. The average molecular weight is 290 g/mol. The second kappa shape index (κ2) is 5.65. The van der Waals surface area contributed by atoms with Crippen molar-refractivity contribution in [2.75, 3.05) is 26.3 Å². The number of pyridine rings is 1. The molecular weight excluding hydrogens is 268 g/mol. The van der Waals surface area contributed by atoms with Crippen LogP contribution in [0.3, 0.4) is 0 Å². The van der Waals surface area contributed by atoms with E-state index < -0.39 is 0 Å². The van der Waals surface area contributed by atoms with Gasteiger partial charge in [-0.1, -0.05) is 0 Å². The molecule has 5 nitrogen and oxygen atoms in total. The SMILES string of the molecule is c1cc([C@H]2OCCN2C[C@@H]2COC3(CCCC3)O2)ccn1. The molecule has 2 atom stereocenters. The Morgan fingerprint density at radius 2 is 2.05 bits per heavy atom. The zero-order chi connectivity index (χ0) is 14.1. The van der Waals surface area contributed by atoms with Crippen molar-refractivity contribution in [3.8, 4) is 0 Å². The monoisotopic (exact) mass is 290 g/mol. The average Bonchev–Trinajstić information content (AvgIpc) is 3.24. The van der Waals surface area contributed by atoms with Crippen LogP contribution < -0.4 is 0 Å². The smallest absolute Gasteiger partial charge is 0.168 e. The topological polar surface area (TPSA) is 43.8 Å². The molecule has 1 spiro atoms. The van der Waals surface area contributed by atoms with Gasteiger partial charge in [-0.3, -0.25) is 9.88 Å². The van der Waals surface area contributed by atoms with Gasteiger partial charge in [0.05, 0.1) is 19.3 Å². The van der Waals surface area contributed by atoms with Crippen LogP contribution in [-0.2, 0) is 14.2 Å². The minimum Gasteiger partial charge on any atom is -0.358 e. The fourth-order valence-corrected chi connectivity index (χ4v) is 3.67.